The quantitative estimate of drug-likeness (QED) is 0.714. The van der Waals surface area contributed by atoms with E-state index in [4.69, 9.17) is 4.98 Å². The normalized spacial score (nSPS) is 11.6. The van der Waals surface area contributed by atoms with Gasteiger partial charge in [0.05, 0.1) is 11.9 Å². The Balaban J connectivity index is 1.69. The van der Waals surface area contributed by atoms with Crippen LogP contribution in [-0.2, 0) is 16.4 Å². The highest BCUT2D eigenvalue weighted by Crippen LogP contribution is 2.29. The number of benzene rings is 2. The third-order valence-corrected chi connectivity index (χ3v) is 5.45. The van der Waals surface area contributed by atoms with Crippen LogP contribution in [0.2, 0.25) is 0 Å². The molecule has 25 heavy (non-hydrogen) atoms. The van der Waals surface area contributed by atoms with Crippen LogP contribution in [0.15, 0.2) is 53.9 Å². The predicted octanol–water partition coefficient (Wildman–Crippen LogP) is 3.88. The summed E-state index contributed by atoms with van der Waals surface area (Å²) in [6.07, 6.45) is 1.84. The molecule has 0 saturated carbocycles. The van der Waals surface area contributed by atoms with Gasteiger partial charge in [0.25, 0.3) is 0 Å². The lowest BCUT2D eigenvalue weighted by atomic mass is 10.1. The van der Waals surface area contributed by atoms with Gasteiger partial charge in [0, 0.05) is 23.1 Å². The van der Waals surface area contributed by atoms with Crippen LogP contribution in [0, 0.1) is 6.92 Å². The lowest BCUT2D eigenvalue weighted by molar-refractivity contribution is 0.588. The number of hydrogen-bond donors (Lipinski definition) is 1. The first-order valence-electron chi connectivity index (χ1n) is 7.97. The lowest BCUT2D eigenvalue weighted by Crippen LogP contribution is -2.24. The molecular weight excluding hydrogens is 352 g/mol. The fraction of sp³-hybridized carbons (Fsp3) is 0.211. The zero-order valence-electron chi connectivity index (χ0n) is 14.2. The standard InChI is InChI=1S/C19H20N2O2S2/c1-14-3-7-17(8-4-14)19-21-18(13-24-19)16-9-5-15(6-10-16)11-12-20-25(2,22)23/h3-10,13,20H,11-12H2,1-2H3. The molecule has 0 aliphatic carbocycles. The molecule has 2 aromatic carbocycles. The van der Waals surface area contributed by atoms with Crippen LogP contribution >= 0.6 is 11.3 Å². The maximum absolute atomic E-state index is 11.1. The van der Waals surface area contributed by atoms with Crippen molar-refractivity contribution < 1.29 is 8.42 Å². The van der Waals surface area contributed by atoms with E-state index < -0.39 is 10.0 Å². The minimum Gasteiger partial charge on any atom is -0.236 e. The van der Waals surface area contributed by atoms with Crippen LogP contribution in [0.1, 0.15) is 11.1 Å². The number of rotatable bonds is 6. The number of hydrogen-bond acceptors (Lipinski definition) is 4. The van der Waals surface area contributed by atoms with Crippen molar-refractivity contribution in [2.45, 2.75) is 13.3 Å². The maximum Gasteiger partial charge on any atom is 0.208 e. The molecule has 0 radical (unpaired) electrons. The summed E-state index contributed by atoms with van der Waals surface area (Å²) in [5.41, 5.74) is 5.48. The molecule has 0 aliphatic rings. The molecule has 1 aromatic heterocycles. The highest BCUT2D eigenvalue weighted by Gasteiger charge is 2.07. The van der Waals surface area contributed by atoms with E-state index in [-0.39, 0.29) is 0 Å². The molecule has 6 heteroatoms. The van der Waals surface area contributed by atoms with Crippen LogP contribution < -0.4 is 4.72 Å². The van der Waals surface area contributed by atoms with Gasteiger partial charge in [0.1, 0.15) is 5.01 Å². The molecule has 130 valence electrons. The first-order valence-corrected chi connectivity index (χ1v) is 10.7. The molecule has 1 N–H and O–H groups in total. The average Bonchev–Trinajstić information content (AvgIpc) is 3.05. The molecule has 0 saturated heterocycles. The van der Waals surface area contributed by atoms with Gasteiger partial charge < -0.3 is 0 Å². The van der Waals surface area contributed by atoms with Crippen molar-refractivity contribution in [1.82, 2.24) is 9.71 Å². The van der Waals surface area contributed by atoms with Crippen LogP contribution in [-0.4, -0.2) is 26.2 Å². The van der Waals surface area contributed by atoms with Gasteiger partial charge in [-0.3, -0.25) is 0 Å². The van der Waals surface area contributed by atoms with Gasteiger partial charge in [-0.25, -0.2) is 18.1 Å². The highest BCUT2D eigenvalue weighted by atomic mass is 32.2. The molecular formula is C19H20N2O2S2. The number of nitrogens with zero attached hydrogens (tertiary/aromatic N) is 1. The van der Waals surface area contributed by atoms with Crippen LogP contribution in [0.3, 0.4) is 0 Å². The van der Waals surface area contributed by atoms with E-state index in [9.17, 15) is 8.42 Å². The first kappa shape index (κ1) is 17.8. The fourth-order valence-corrected chi connectivity index (χ4v) is 3.77. The van der Waals surface area contributed by atoms with Gasteiger partial charge in [-0.2, -0.15) is 0 Å². The summed E-state index contributed by atoms with van der Waals surface area (Å²) in [6.45, 7) is 2.48. The van der Waals surface area contributed by atoms with Crippen molar-refractivity contribution in [2.75, 3.05) is 12.8 Å². The SMILES string of the molecule is Cc1ccc(-c2nc(-c3ccc(CCNS(C)(=O)=O)cc3)cs2)cc1. The molecule has 4 nitrogen and oxygen atoms in total. The summed E-state index contributed by atoms with van der Waals surface area (Å²) in [5.74, 6) is 0. The Kier molecular flexibility index (Phi) is 5.32. The number of sulfonamides is 1. The Bertz CT molecular complexity index is 944. The van der Waals surface area contributed by atoms with Crippen molar-refractivity contribution in [3.63, 3.8) is 0 Å². The molecule has 0 aliphatic heterocycles. The van der Waals surface area contributed by atoms with Crippen molar-refractivity contribution in [1.29, 1.82) is 0 Å². The van der Waals surface area contributed by atoms with E-state index >= 15 is 0 Å². The second kappa shape index (κ2) is 7.47. The first-order chi connectivity index (χ1) is 11.9. The van der Waals surface area contributed by atoms with Crippen LogP contribution in [0.5, 0.6) is 0 Å². The molecule has 0 amide bonds. The zero-order chi connectivity index (χ0) is 17.9. The van der Waals surface area contributed by atoms with Gasteiger partial charge in [-0.15, -0.1) is 11.3 Å². The third kappa shape index (κ3) is 4.98. The summed E-state index contributed by atoms with van der Waals surface area (Å²) in [4.78, 5) is 4.73. The molecule has 3 aromatic rings. The van der Waals surface area contributed by atoms with E-state index in [2.05, 4.69) is 41.3 Å². The van der Waals surface area contributed by atoms with Gasteiger partial charge >= 0.3 is 0 Å². The number of aryl methyl sites for hydroxylation is 1. The van der Waals surface area contributed by atoms with E-state index in [1.807, 2.05) is 24.3 Å². The monoisotopic (exact) mass is 372 g/mol. The van der Waals surface area contributed by atoms with Gasteiger partial charge in [-0.05, 0) is 18.9 Å². The van der Waals surface area contributed by atoms with E-state index in [0.29, 0.717) is 13.0 Å². The molecule has 1 heterocycles. The van der Waals surface area contributed by atoms with Crippen molar-refractivity contribution in [3.05, 3.63) is 65.0 Å². The van der Waals surface area contributed by atoms with Crippen LogP contribution in [0.25, 0.3) is 21.8 Å². The Morgan fingerprint density at radius 3 is 2.28 bits per heavy atom. The summed E-state index contributed by atoms with van der Waals surface area (Å²) in [7, 11) is -3.13. The highest BCUT2D eigenvalue weighted by molar-refractivity contribution is 7.88. The van der Waals surface area contributed by atoms with Crippen molar-refractivity contribution in [2.24, 2.45) is 0 Å². The second-order valence-corrected chi connectivity index (χ2v) is 8.71. The molecule has 0 bridgehead atoms. The minimum absolute atomic E-state index is 0.409. The summed E-state index contributed by atoms with van der Waals surface area (Å²) < 4.78 is 24.7. The molecule has 0 unspecified atom stereocenters. The second-order valence-electron chi connectivity index (χ2n) is 6.02. The Morgan fingerprint density at radius 2 is 1.64 bits per heavy atom. The van der Waals surface area contributed by atoms with Gasteiger partial charge in [0.2, 0.25) is 10.0 Å². The van der Waals surface area contributed by atoms with Crippen molar-refractivity contribution in [3.8, 4) is 21.8 Å². The van der Waals surface area contributed by atoms with Crippen molar-refractivity contribution >= 4 is 21.4 Å². The number of aromatic nitrogens is 1. The maximum atomic E-state index is 11.1. The zero-order valence-corrected chi connectivity index (χ0v) is 15.8. The van der Waals surface area contributed by atoms with Crippen LogP contribution in [0.4, 0.5) is 0 Å². The van der Waals surface area contributed by atoms with E-state index in [1.54, 1.807) is 11.3 Å². The Labute approximate surface area is 152 Å². The third-order valence-electron chi connectivity index (χ3n) is 3.83. The largest absolute Gasteiger partial charge is 0.236 e. The van der Waals surface area contributed by atoms with Gasteiger partial charge in [-0.1, -0.05) is 54.1 Å². The van der Waals surface area contributed by atoms with E-state index in [0.717, 1.165) is 27.4 Å². The average molecular weight is 373 g/mol. The lowest BCUT2D eigenvalue weighted by Gasteiger charge is -2.04. The summed E-state index contributed by atoms with van der Waals surface area (Å²) in [6, 6.07) is 16.5. The molecule has 3 rings (SSSR count). The summed E-state index contributed by atoms with van der Waals surface area (Å²) in [5, 5.41) is 3.08. The number of thiazole rings is 1. The summed E-state index contributed by atoms with van der Waals surface area (Å²) >= 11 is 1.64. The molecule has 0 spiro atoms. The van der Waals surface area contributed by atoms with Gasteiger partial charge in [0.15, 0.2) is 0 Å². The molecule has 0 fully saturated rings. The topological polar surface area (TPSA) is 59.1 Å². The predicted molar refractivity (Wildman–Crippen MR) is 104 cm³/mol. The Hall–Kier alpha value is -2.02. The smallest absolute Gasteiger partial charge is 0.208 e. The minimum atomic E-state index is -3.13. The number of nitrogens with one attached hydrogen (secondary N) is 1. The fourth-order valence-electron chi connectivity index (χ4n) is 2.46. The Morgan fingerprint density at radius 1 is 1.00 bits per heavy atom. The molecule has 0 atom stereocenters. The van der Waals surface area contributed by atoms with E-state index in [1.165, 1.54) is 11.8 Å².